The molecular weight excluding hydrogens is 162 g/mol. The van der Waals surface area contributed by atoms with E-state index in [0.717, 1.165) is 5.56 Å². The molecule has 2 unspecified atom stereocenters. The second kappa shape index (κ2) is 4.64. The zero-order chi connectivity index (χ0) is 9.68. The van der Waals surface area contributed by atoms with Crippen LogP contribution in [0.3, 0.4) is 0 Å². The normalized spacial score (nSPS) is 14.5. The predicted octanol–water partition coefficient (Wildman–Crippen LogP) is 2.06. The molecule has 2 heteroatoms. The third-order valence-electron chi connectivity index (χ3n) is 2.10. The van der Waals surface area contributed by atoms with Gasteiger partial charge < -0.3 is 5.11 Å². The van der Waals surface area contributed by atoms with Gasteiger partial charge in [0.15, 0.2) is 0 Å². The number of nitrogens with zero attached hydrogens (tertiary/aromatic N) is 1. The number of aliphatic hydroxyl groups excluding tert-OH is 1. The van der Waals surface area contributed by atoms with Crippen LogP contribution in [0.15, 0.2) is 30.3 Å². The van der Waals surface area contributed by atoms with Gasteiger partial charge in [0.2, 0.25) is 0 Å². The van der Waals surface area contributed by atoms with Crippen molar-refractivity contribution >= 4 is 0 Å². The van der Waals surface area contributed by atoms with Crippen LogP contribution >= 0.6 is 0 Å². The second-order valence-corrected chi connectivity index (χ2v) is 2.99. The van der Waals surface area contributed by atoms with Gasteiger partial charge in [-0.1, -0.05) is 37.3 Å². The monoisotopic (exact) mass is 175 g/mol. The molecule has 0 heterocycles. The molecule has 1 N–H and O–H groups in total. The maximum atomic E-state index is 9.55. The number of benzene rings is 1. The smallest absolute Gasteiger partial charge is 0.0971 e. The molecule has 2 atom stereocenters. The molecule has 0 bridgehead atoms. The van der Waals surface area contributed by atoms with Crippen LogP contribution in [-0.2, 0) is 0 Å². The van der Waals surface area contributed by atoms with Crippen molar-refractivity contribution in [3.05, 3.63) is 35.9 Å². The van der Waals surface area contributed by atoms with Crippen molar-refractivity contribution in [2.24, 2.45) is 0 Å². The van der Waals surface area contributed by atoms with Crippen molar-refractivity contribution in [1.29, 1.82) is 5.26 Å². The van der Waals surface area contributed by atoms with Gasteiger partial charge in [0.1, 0.15) is 0 Å². The Bertz CT molecular complexity index is 289. The summed E-state index contributed by atoms with van der Waals surface area (Å²) in [6, 6.07) is 11.5. The first-order valence-corrected chi connectivity index (χ1v) is 4.42. The van der Waals surface area contributed by atoms with Crippen LogP contribution in [0.4, 0.5) is 0 Å². The molecule has 0 fully saturated rings. The van der Waals surface area contributed by atoms with Crippen LogP contribution in [-0.4, -0.2) is 11.2 Å². The van der Waals surface area contributed by atoms with Crippen molar-refractivity contribution in [2.45, 2.75) is 25.4 Å². The fourth-order valence-electron chi connectivity index (χ4n) is 1.28. The Morgan fingerprint density at radius 2 is 2.00 bits per heavy atom. The highest BCUT2D eigenvalue weighted by Gasteiger charge is 2.18. The molecule has 1 aromatic rings. The van der Waals surface area contributed by atoms with Crippen LogP contribution in [0.1, 0.15) is 24.8 Å². The molecule has 68 valence electrons. The molecule has 1 aromatic carbocycles. The third kappa shape index (κ3) is 2.30. The Morgan fingerprint density at radius 1 is 1.38 bits per heavy atom. The topological polar surface area (TPSA) is 44.0 Å². The van der Waals surface area contributed by atoms with Gasteiger partial charge >= 0.3 is 0 Å². The molecule has 0 saturated carbocycles. The van der Waals surface area contributed by atoms with E-state index >= 15 is 0 Å². The highest BCUT2D eigenvalue weighted by Crippen LogP contribution is 2.20. The molecule has 0 aliphatic rings. The zero-order valence-electron chi connectivity index (χ0n) is 7.64. The predicted molar refractivity (Wildman–Crippen MR) is 51.1 cm³/mol. The Morgan fingerprint density at radius 3 is 2.46 bits per heavy atom. The first kappa shape index (κ1) is 9.76. The van der Waals surface area contributed by atoms with Gasteiger partial charge in [0, 0.05) is 0 Å². The Hall–Kier alpha value is -1.33. The maximum Gasteiger partial charge on any atom is 0.0971 e. The van der Waals surface area contributed by atoms with E-state index in [-0.39, 0.29) is 0 Å². The molecule has 0 spiro atoms. The van der Waals surface area contributed by atoms with Crippen molar-refractivity contribution in [1.82, 2.24) is 0 Å². The summed E-state index contributed by atoms with van der Waals surface area (Å²) in [5, 5.41) is 18.4. The van der Waals surface area contributed by atoms with E-state index in [9.17, 15) is 5.11 Å². The molecule has 0 aromatic heterocycles. The average Bonchev–Trinajstić information content (AvgIpc) is 2.20. The molecule has 0 aliphatic heterocycles. The standard InChI is InChI=1S/C11H13NO/c1-2-11(13)10(8-12)9-6-4-3-5-7-9/h3-7,10-11,13H,2H2,1H3. The van der Waals surface area contributed by atoms with Gasteiger partial charge in [-0.05, 0) is 12.0 Å². The van der Waals surface area contributed by atoms with Gasteiger partial charge in [0.25, 0.3) is 0 Å². The van der Waals surface area contributed by atoms with E-state index < -0.39 is 12.0 Å². The van der Waals surface area contributed by atoms with E-state index in [1.54, 1.807) is 0 Å². The molecule has 1 rings (SSSR count). The van der Waals surface area contributed by atoms with Gasteiger partial charge in [-0.25, -0.2) is 0 Å². The number of rotatable bonds is 3. The zero-order valence-corrected chi connectivity index (χ0v) is 7.64. The third-order valence-corrected chi connectivity index (χ3v) is 2.10. The number of hydrogen-bond donors (Lipinski definition) is 1. The summed E-state index contributed by atoms with van der Waals surface area (Å²) >= 11 is 0. The van der Waals surface area contributed by atoms with E-state index in [4.69, 9.17) is 5.26 Å². The summed E-state index contributed by atoms with van der Waals surface area (Å²) in [6.07, 6.45) is 0.0417. The SMILES string of the molecule is CCC(O)C(C#N)c1ccccc1. The van der Waals surface area contributed by atoms with Gasteiger partial charge in [-0.15, -0.1) is 0 Å². The first-order valence-electron chi connectivity index (χ1n) is 4.42. The molecular formula is C11H13NO. The van der Waals surface area contributed by atoms with E-state index in [2.05, 4.69) is 6.07 Å². The average molecular weight is 175 g/mol. The van der Waals surface area contributed by atoms with E-state index in [1.807, 2.05) is 37.3 Å². The van der Waals surface area contributed by atoms with Gasteiger partial charge in [0.05, 0.1) is 18.1 Å². The fraction of sp³-hybridized carbons (Fsp3) is 0.364. The summed E-state index contributed by atoms with van der Waals surface area (Å²) in [4.78, 5) is 0. The van der Waals surface area contributed by atoms with Gasteiger partial charge in [-0.2, -0.15) is 5.26 Å². The Labute approximate surface area is 78.4 Å². The minimum absolute atomic E-state index is 0.397. The van der Waals surface area contributed by atoms with E-state index in [0.29, 0.717) is 6.42 Å². The summed E-state index contributed by atoms with van der Waals surface area (Å²) in [5.74, 6) is -0.397. The van der Waals surface area contributed by atoms with Crippen LogP contribution < -0.4 is 0 Å². The fourth-order valence-corrected chi connectivity index (χ4v) is 1.28. The highest BCUT2D eigenvalue weighted by atomic mass is 16.3. The molecule has 2 nitrogen and oxygen atoms in total. The minimum Gasteiger partial charge on any atom is -0.391 e. The van der Waals surface area contributed by atoms with Crippen molar-refractivity contribution in [2.75, 3.05) is 0 Å². The lowest BCUT2D eigenvalue weighted by atomic mass is 9.93. The number of hydrogen-bond acceptors (Lipinski definition) is 2. The summed E-state index contributed by atoms with van der Waals surface area (Å²) in [5.41, 5.74) is 0.888. The van der Waals surface area contributed by atoms with Crippen molar-refractivity contribution in [3.8, 4) is 6.07 Å². The first-order chi connectivity index (χ1) is 6.29. The lowest BCUT2D eigenvalue weighted by Gasteiger charge is -2.14. The van der Waals surface area contributed by atoms with Crippen LogP contribution in [0.25, 0.3) is 0 Å². The number of nitriles is 1. The largest absolute Gasteiger partial charge is 0.391 e. The quantitative estimate of drug-likeness (QED) is 0.764. The van der Waals surface area contributed by atoms with Gasteiger partial charge in [-0.3, -0.25) is 0 Å². The summed E-state index contributed by atoms with van der Waals surface area (Å²) in [7, 11) is 0. The molecule has 0 aliphatic carbocycles. The lowest BCUT2D eigenvalue weighted by molar-refractivity contribution is 0.157. The Kier molecular flexibility index (Phi) is 3.48. The summed E-state index contributed by atoms with van der Waals surface area (Å²) < 4.78 is 0. The lowest BCUT2D eigenvalue weighted by Crippen LogP contribution is -2.15. The second-order valence-electron chi connectivity index (χ2n) is 2.99. The number of aliphatic hydroxyl groups is 1. The molecule has 13 heavy (non-hydrogen) atoms. The van der Waals surface area contributed by atoms with Crippen LogP contribution in [0.2, 0.25) is 0 Å². The molecule has 0 amide bonds. The maximum absolute atomic E-state index is 9.55. The molecule has 0 radical (unpaired) electrons. The van der Waals surface area contributed by atoms with Crippen molar-refractivity contribution in [3.63, 3.8) is 0 Å². The highest BCUT2D eigenvalue weighted by molar-refractivity contribution is 5.25. The minimum atomic E-state index is -0.563. The molecule has 0 saturated heterocycles. The van der Waals surface area contributed by atoms with Crippen molar-refractivity contribution < 1.29 is 5.11 Å². The van der Waals surface area contributed by atoms with E-state index in [1.165, 1.54) is 0 Å². The Balaban J connectivity index is 2.86. The summed E-state index contributed by atoms with van der Waals surface area (Å²) in [6.45, 7) is 1.87. The van der Waals surface area contributed by atoms with Crippen LogP contribution in [0, 0.1) is 11.3 Å². The van der Waals surface area contributed by atoms with Crippen LogP contribution in [0.5, 0.6) is 0 Å².